The molecule has 0 unspecified atom stereocenters. The average molecular weight is 228 g/mol. The van der Waals surface area contributed by atoms with E-state index in [1.165, 1.54) is 0 Å². The zero-order valence-corrected chi connectivity index (χ0v) is 9.43. The molecule has 0 spiro atoms. The van der Waals surface area contributed by atoms with Crippen molar-refractivity contribution >= 4 is 5.78 Å². The smallest absolute Gasteiger partial charge is 0.190 e. The van der Waals surface area contributed by atoms with Crippen LogP contribution in [0.25, 0.3) is 0 Å². The van der Waals surface area contributed by atoms with E-state index in [9.17, 15) is 9.90 Å². The van der Waals surface area contributed by atoms with Crippen LogP contribution in [0.5, 0.6) is 0 Å². The van der Waals surface area contributed by atoms with E-state index in [1.807, 2.05) is 0 Å². The standard InChI is InChI=1S/C11H16O5/c1-10(2)15-8-9(16-10)14-7-4-3-6(12)5-11(7,8)13/h7-9,13H,3-5H2,1-2H3/t7-,8-,9-,11+/m0/s1. The van der Waals surface area contributed by atoms with E-state index in [0.717, 1.165) is 0 Å². The van der Waals surface area contributed by atoms with Gasteiger partial charge in [-0.2, -0.15) is 0 Å². The maximum atomic E-state index is 11.4. The van der Waals surface area contributed by atoms with Crippen LogP contribution in [0.4, 0.5) is 0 Å². The van der Waals surface area contributed by atoms with Gasteiger partial charge in [0.25, 0.3) is 0 Å². The minimum absolute atomic E-state index is 0.0660. The van der Waals surface area contributed by atoms with Crippen LogP contribution in [0.15, 0.2) is 0 Å². The first-order valence-electron chi connectivity index (χ1n) is 5.66. The molecule has 16 heavy (non-hydrogen) atoms. The largest absolute Gasteiger partial charge is 0.384 e. The average Bonchev–Trinajstić information content (AvgIpc) is 2.57. The molecule has 2 heterocycles. The number of aliphatic hydroxyl groups is 1. The molecule has 0 aromatic heterocycles. The summed E-state index contributed by atoms with van der Waals surface area (Å²) in [5, 5.41) is 10.5. The third kappa shape index (κ3) is 1.35. The van der Waals surface area contributed by atoms with Crippen LogP contribution in [0.2, 0.25) is 0 Å². The summed E-state index contributed by atoms with van der Waals surface area (Å²) in [4.78, 5) is 11.4. The summed E-state index contributed by atoms with van der Waals surface area (Å²) < 4.78 is 16.8. The summed E-state index contributed by atoms with van der Waals surface area (Å²) in [6.07, 6.45) is -0.298. The van der Waals surface area contributed by atoms with Gasteiger partial charge in [-0.25, -0.2) is 0 Å². The fraction of sp³-hybridized carbons (Fsp3) is 0.909. The molecule has 1 N–H and O–H groups in total. The highest BCUT2D eigenvalue weighted by atomic mass is 16.8. The summed E-state index contributed by atoms with van der Waals surface area (Å²) in [6.45, 7) is 3.55. The second kappa shape index (κ2) is 3.04. The lowest BCUT2D eigenvalue weighted by molar-refractivity contribution is -0.233. The van der Waals surface area contributed by atoms with Crippen LogP contribution in [-0.4, -0.2) is 40.8 Å². The van der Waals surface area contributed by atoms with Gasteiger partial charge in [0, 0.05) is 12.8 Å². The SMILES string of the molecule is CC1(C)O[C@@H]2O[C@H]3CCC(=O)C[C@]3(O)[C@H]2O1. The van der Waals surface area contributed by atoms with Crippen molar-refractivity contribution in [3.63, 3.8) is 0 Å². The quantitative estimate of drug-likeness (QED) is 0.648. The van der Waals surface area contributed by atoms with Gasteiger partial charge in [-0.15, -0.1) is 0 Å². The first-order chi connectivity index (χ1) is 7.41. The molecule has 1 saturated carbocycles. The molecule has 0 amide bonds. The van der Waals surface area contributed by atoms with E-state index in [2.05, 4.69) is 0 Å². The van der Waals surface area contributed by atoms with Gasteiger partial charge in [-0.3, -0.25) is 4.79 Å². The molecule has 3 aliphatic rings. The Morgan fingerprint density at radius 1 is 1.38 bits per heavy atom. The Hall–Kier alpha value is -0.490. The van der Waals surface area contributed by atoms with Gasteiger partial charge < -0.3 is 19.3 Å². The van der Waals surface area contributed by atoms with E-state index >= 15 is 0 Å². The van der Waals surface area contributed by atoms with Gasteiger partial charge in [0.2, 0.25) is 0 Å². The van der Waals surface area contributed by atoms with Crippen LogP contribution in [0.1, 0.15) is 33.1 Å². The Morgan fingerprint density at radius 2 is 2.12 bits per heavy atom. The minimum Gasteiger partial charge on any atom is -0.384 e. The van der Waals surface area contributed by atoms with Crippen molar-refractivity contribution < 1.29 is 24.1 Å². The summed E-state index contributed by atoms with van der Waals surface area (Å²) >= 11 is 0. The topological polar surface area (TPSA) is 65.0 Å². The molecule has 4 atom stereocenters. The normalized spacial score (nSPS) is 50.2. The predicted octanol–water partition coefficient (Wildman–Crippen LogP) is 0.347. The summed E-state index contributed by atoms with van der Waals surface area (Å²) in [7, 11) is 0. The van der Waals surface area contributed by atoms with Crippen molar-refractivity contribution in [1.29, 1.82) is 0 Å². The Kier molecular flexibility index (Phi) is 2.02. The summed E-state index contributed by atoms with van der Waals surface area (Å²) in [5.41, 5.74) is -1.20. The molecule has 0 aromatic carbocycles. The molecule has 5 heteroatoms. The van der Waals surface area contributed by atoms with Crippen LogP contribution in [0.3, 0.4) is 0 Å². The fourth-order valence-corrected chi connectivity index (χ4v) is 2.86. The molecule has 1 aliphatic carbocycles. The highest BCUT2D eigenvalue weighted by Gasteiger charge is 2.64. The molecule has 2 aliphatic heterocycles. The van der Waals surface area contributed by atoms with E-state index < -0.39 is 23.8 Å². The number of Topliss-reactive ketones (excluding diaryl/α,β-unsaturated/α-hetero) is 1. The molecule has 3 fully saturated rings. The minimum atomic E-state index is -1.20. The molecule has 0 aromatic rings. The highest BCUT2D eigenvalue weighted by molar-refractivity contribution is 5.81. The van der Waals surface area contributed by atoms with Gasteiger partial charge in [0.15, 0.2) is 12.1 Å². The van der Waals surface area contributed by atoms with Crippen molar-refractivity contribution in [3.8, 4) is 0 Å². The third-order valence-corrected chi connectivity index (χ3v) is 3.57. The zero-order chi connectivity index (χ0) is 11.6. The molecular formula is C11H16O5. The van der Waals surface area contributed by atoms with Crippen molar-refractivity contribution in [2.75, 3.05) is 0 Å². The van der Waals surface area contributed by atoms with Crippen molar-refractivity contribution in [2.45, 2.75) is 63.0 Å². The Labute approximate surface area is 93.7 Å². The lowest BCUT2D eigenvalue weighted by atomic mass is 9.79. The first kappa shape index (κ1) is 10.7. The number of carbonyl (C=O) groups excluding carboxylic acids is 1. The van der Waals surface area contributed by atoms with Gasteiger partial charge >= 0.3 is 0 Å². The maximum absolute atomic E-state index is 11.4. The van der Waals surface area contributed by atoms with Gasteiger partial charge in [-0.05, 0) is 20.3 Å². The Morgan fingerprint density at radius 3 is 2.88 bits per heavy atom. The number of carbonyl (C=O) groups is 1. The second-order valence-electron chi connectivity index (χ2n) is 5.29. The predicted molar refractivity (Wildman–Crippen MR) is 52.5 cm³/mol. The molecule has 5 nitrogen and oxygen atoms in total. The van der Waals surface area contributed by atoms with Gasteiger partial charge in [-0.1, -0.05) is 0 Å². The Balaban J connectivity index is 1.89. The molecule has 0 radical (unpaired) electrons. The molecule has 3 rings (SSSR count). The lowest BCUT2D eigenvalue weighted by Gasteiger charge is -2.36. The maximum Gasteiger partial charge on any atom is 0.190 e. The lowest BCUT2D eigenvalue weighted by Crippen LogP contribution is -2.52. The van der Waals surface area contributed by atoms with E-state index in [-0.39, 0.29) is 18.3 Å². The van der Waals surface area contributed by atoms with Crippen LogP contribution in [0, 0.1) is 0 Å². The number of fused-ring (bicyclic) bond motifs is 3. The summed E-state index contributed by atoms with van der Waals surface area (Å²) in [5.74, 6) is -0.687. The van der Waals surface area contributed by atoms with Gasteiger partial charge in [0.1, 0.15) is 17.5 Å². The van der Waals surface area contributed by atoms with Crippen molar-refractivity contribution in [3.05, 3.63) is 0 Å². The van der Waals surface area contributed by atoms with Gasteiger partial charge in [0.05, 0.1) is 6.10 Å². The second-order valence-corrected chi connectivity index (χ2v) is 5.29. The Bertz CT molecular complexity index is 339. The third-order valence-electron chi connectivity index (χ3n) is 3.57. The van der Waals surface area contributed by atoms with Crippen LogP contribution in [-0.2, 0) is 19.0 Å². The first-order valence-corrected chi connectivity index (χ1v) is 5.66. The molecule has 90 valence electrons. The number of rotatable bonds is 0. The van der Waals surface area contributed by atoms with Crippen molar-refractivity contribution in [1.82, 2.24) is 0 Å². The van der Waals surface area contributed by atoms with E-state index in [0.29, 0.717) is 12.8 Å². The number of ether oxygens (including phenoxy) is 3. The number of ketones is 1. The van der Waals surface area contributed by atoms with E-state index in [1.54, 1.807) is 13.8 Å². The van der Waals surface area contributed by atoms with Crippen LogP contribution >= 0.6 is 0 Å². The molecule has 2 saturated heterocycles. The number of hydrogen-bond acceptors (Lipinski definition) is 5. The monoisotopic (exact) mass is 228 g/mol. The fourth-order valence-electron chi connectivity index (χ4n) is 2.86. The molecular weight excluding hydrogens is 212 g/mol. The zero-order valence-electron chi connectivity index (χ0n) is 9.43. The van der Waals surface area contributed by atoms with Crippen molar-refractivity contribution in [2.24, 2.45) is 0 Å². The summed E-state index contributed by atoms with van der Waals surface area (Å²) in [6, 6.07) is 0. The molecule has 0 bridgehead atoms. The highest BCUT2D eigenvalue weighted by Crippen LogP contribution is 2.47. The van der Waals surface area contributed by atoms with E-state index in [4.69, 9.17) is 14.2 Å². The van der Waals surface area contributed by atoms with Crippen LogP contribution < -0.4 is 0 Å². The number of hydrogen-bond donors (Lipinski definition) is 1.